The summed E-state index contributed by atoms with van der Waals surface area (Å²) in [6.07, 6.45) is 0. The average molecular weight is 179 g/mol. The van der Waals surface area contributed by atoms with E-state index in [2.05, 4.69) is 6.07 Å². The molecule has 0 unspecified atom stereocenters. The quantitative estimate of drug-likeness (QED) is 0.518. The second-order valence-corrected chi connectivity index (χ2v) is 2.42. The lowest BCUT2D eigenvalue weighted by Gasteiger charge is -2.04. The van der Waals surface area contributed by atoms with Gasteiger partial charge in [-0.2, -0.15) is 0 Å². The zero-order valence-corrected chi connectivity index (χ0v) is 7.45. The molecule has 0 saturated carbocycles. The van der Waals surface area contributed by atoms with E-state index in [1.165, 1.54) is 6.92 Å². The van der Waals surface area contributed by atoms with Gasteiger partial charge in [-0.1, -0.05) is 12.1 Å². The molecular weight excluding hydrogens is 168 g/mol. The van der Waals surface area contributed by atoms with E-state index in [1.807, 2.05) is 0 Å². The smallest absolute Gasteiger partial charge is 0.302 e. The van der Waals surface area contributed by atoms with Crippen LogP contribution in [-0.4, -0.2) is 19.2 Å². The number of rotatable bonds is 4. The van der Waals surface area contributed by atoms with Crippen LogP contribution in [0, 0.1) is 6.07 Å². The zero-order valence-electron chi connectivity index (χ0n) is 7.45. The van der Waals surface area contributed by atoms with Crippen molar-refractivity contribution in [1.82, 2.24) is 0 Å². The molecule has 0 amide bonds. The fourth-order valence-electron chi connectivity index (χ4n) is 0.813. The van der Waals surface area contributed by atoms with Gasteiger partial charge in [0.1, 0.15) is 19.0 Å². The first kappa shape index (κ1) is 9.58. The number of hydrogen-bond acceptors (Lipinski definition) is 3. The van der Waals surface area contributed by atoms with Gasteiger partial charge < -0.3 is 9.47 Å². The van der Waals surface area contributed by atoms with E-state index in [4.69, 9.17) is 9.47 Å². The van der Waals surface area contributed by atoms with Crippen LogP contribution in [0.1, 0.15) is 6.92 Å². The highest BCUT2D eigenvalue weighted by Gasteiger charge is 1.93. The van der Waals surface area contributed by atoms with Crippen LogP contribution in [-0.2, 0) is 9.53 Å². The van der Waals surface area contributed by atoms with Gasteiger partial charge >= 0.3 is 5.97 Å². The third-order valence-electron chi connectivity index (χ3n) is 1.35. The Morgan fingerprint density at radius 3 is 2.69 bits per heavy atom. The highest BCUT2D eigenvalue weighted by molar-refractivity contribution is 5.65. The Labute approximate surface area is 77.3 Å². The van der Waals surface area contributed by atoms with E-state index in [0.717, 1.165) is 5.75 Å². The Morgan fingerprint density at radius 2 is 2.08 bits per heavy atom. The summed E-state index contributed by atoms with van der Waals surface area (Å²) in [5.74, 6) is 0.468. The topological polar surface area (TPSA) is 35.5 Å². The van der Waals surface area contributed by atoms with E-state index in [0.29, 0.717) is 6.61 Å². The Hall–Kier alpha value is -1.51. The van der Waals surface area contributed by atoms with Gasteiger partial charge in [-0.3, -0.25) is 4.79 Å². The summed E-state index contributed by atoms with van der Waals surface area (Å²) in [4.78, 5) is 10.4. The summed E-state index contributed by atoms with van der Waals surface area (Å²) in [6.45, 7) is 2.04. The van der Waals surface area contributed by atoms with Crippen molar-refractivity contribution >= 4 is 5.97 Å². The molecule has 0 bridgehead atoms. The minimum atomic E-state index is -0.287. The highest BCUT2D eigenvalue weighted by Crippen LogP contribution is 2.07. The summed E-state index contributed by atoms with van der Waals surface area (Å²) in [6, 6.07) is 10.0. The molecule has 3 heteroatoms. The van der Waals surface area contributed by atoms with Crippen molar-refractivity contribution in [2.24, 2.45) is 0 Å². The average Bonchev–Trinajstić information content (AvgIpc) is 2.14. The SMILES string of the molecule is CC(=O)OCCOc1cc[c]cc1. The molecule has 0 aliphatic carbocycles. The molecule has 1 rings (SSSR count). The van der Waals surface area contributed by atoms with Crippen LogP contribution in [0.3, 0.4) is 0 Å². The lowest BCUT2D eigenvalue weighted by molar-refractivity contribution is -0.141. The van der Waals surface area contributed by atoms with E-state index >= 15 is 0 Å². The third kappa shape index (κ3) is 4.15. The lowest BCUT2D eigenvalue weighted by Crippen LogP contribution is -2.09. The largest absolute Gasteiger partial charge is 0.490 e. The van der Waals surface area contributed by atoms with Gasteiger partial charge in [-0.05, 0) is 18.2 Å². The monoisotopic (exact) mass is 179 g/mol. The predicted octanol–water partition coefficient (Wildman–Crippen LogP) is 1.43. The molecule has 1 aromatic rings. The molecule has 0 aliphatic rings. The molecule has 0 saturated heterocycles. The van der Waals surface area contributed by atoms with Crippen molar-refractivity contribution in [3.63, 3.8) is 0 Å². The Balaban J connectivity index is 2.17. The Morgan fingerprint density at radius 1 is 1.38 bits per heavy atom. The van der Waals surface area contributed by atoms with Crippen LogP contribution in [0.5, 0.6) is 5.75 Å². The van der Waals surface area contributed by atoms with Crippen LogP contribution in [0.25, 0.3) is 0 Å². The second-order valence-electron chi connectivity index (χ2n) is 2.42. The third-order valence-corrected chi connectivity index (χ3v) is 1.35. The van der Waals surface area contributed by atoms with Gasteiger partial charge in [0.25, 0.3) is 0 Å². The minimum absolute atomic E-state index is 0.286. The maximum atomic E-state index is 10.4. The summed E-state index contributed by atoms with van der Waals surface area (Å²) < 4.78 is 9.95. The summed E-state index contributed by atoms with van der Waals surface area (Å²) >= 11 is 0. The second kappa shape index (κ2) is 5.19. The molecule has 13 heavy (non-hydrogen) atoms. The first-order chi connectivity index (χ1) is 6.29. The molecule has 0 atom stereocenters. The Kier molecular flexibility index (Phi) is 3.82. The fourth-order valence-corrected chi connectivity index (χ4v) is 0.813. The van der Waals surface area contributed by atoms with Gasteiger partial charge in [0.2, 0.25) is 0 Å². The number of carbonyl (C=O) groups is 1. The van der Waals surface area contributed by atoms with Crippen LogP contribution in [0.4, 0.5) is 0 Å². The van der Waals surface area contributed by atoms with E-state index < -0.39 is 0 Å². The highest BCUT2D eigenvalue weighted by atomic mass is 16.6. The van der Waals surface area contributed by atoms with E-state index in [1.54, 1.807) is 24.3 Å². The van der Waals surface area contributed by atoms with Gasteiger partial charge in [-0.15, -0.1) is 0 Å². The molecule has 1 radical (unpaired) electrons. The van der Waals surface area contributed by atoms with Crippen LogP contribution in [0.2, 0.25) is 0 Å². The molecule has 3 nitrogen and oxygen atoms in total. The molecule has 0 fully saturated rings. The molecule has 1 aromatic carbocycles. The van der Waals surface area contributed by atoms with Gasteiger partial charge in [0.15, 0.2) is 0 Å². The van der Waals surface area contributed by atoms with Gasteiger partial charge in [0.05, 0.1) is 0 Å². The minimum Gasteiger partial charge on any atom is -0.490 e. The predicted molar refractivity (Wildman–Crippen MR) is 47.4 cm³/mol. The van der Waals surface area contributed by atoms with Gasteiger partial charge in [-0.25, -0.2) is 0 Å². The number of carbonyl (C=O) groups excluding carboxylic acids is 1. The number of ether oxygens (including phenoxy) is 2. The normalized spacial score (nSPS) is 9.31. The zero-order chi connectivity index (χ0) is 9.52. The van der Waals surface area contributed by atoms with Crippen LogP contribution >= 0.6 is 0 Å². The molecular formula is C10H11O3. The van der Waals surface area contributed by atoms with Crippen molar-refractivity contribution < 1.29 is 14.3 Å². The van der Waals surface area contributed by atoms with Crippen LogP contribution < -0.4 is 4.74 Å². The standard InChI is InChI=1S/C10H11O3/c1-9(11)12-7-8-13-10-5-3-2-4-6-10/h3-6H,7-8H2,1H3. The molecule has 0 N–H and O–H groups in total. The number of esters is 1. The Bertz CT molecular complexity index is 256. The van der Waals surface area contributed by atoms with Crippen LogP contribution in [0.15, 0.2) is 24.3 Å². The summed E-state index contributed by atoms with van der Waals surface area (Å²) in [7, 11) is 0. The molecule has 69 valence electrons. The number of hydrogen-bond donors (Lipinski definition) is 0. The molecule has 0 aromatic heterocycles. The maximum Gasteiger partial charge on any atom is 0.302 e. The lowest BCUT2D eigenvalue weighted by atomic mass is 10.3. The summed E-state index contributed by atoms with van der Waals surface area (Å²) in [5.41, 5.74) is 0. The van der Waals surface area contributed by atoms with Crippen molar-refractivity contribution in [3.8, 4) is 5.75 Å². The first-order valence-corrected chi connectivity index (χ1v) is 4.01. The first-order valence-electron chi connectivity index (χ1n) is 4.01. The van der Waals surface area contributed by atoms with E-state index in [9.17, 15) is 4.79 Å². The number of benzene rings is 1. The molecule has 0 heterocycles. The molecule has 0 aliphatic heterocycles. The maximum absolute atomic E-state index is 10.4. The molecule has 0 spiro atoms. The van der Waals surface area contributed by atoms with Crippen molar-refractivity contribution in [3.05, 3.63) is 30.3 Å². The van der Waals surface area contributed by atoms with Crippen molar-refractivity contribution in [2.45, 2.75) is 6.92 Å². The van der Waals surface area contributed by atoms with E-state index in [-0.39, 0.29) is 12.6 Å². The van der Waals surface area contributed by atoms with Gasteiger partial charge in [0, 0.05) is 6.92 Å². The summed E-state index contributed by atoms with van der Waals surface area (Å²) in [5, 5.41) is 0. The van der Waals surface area contributed by atoms with Crippen molar-refractivity contribution in [1.29, 1.82) is 0 Å². The fraction of sp³-hybridized carbons (Fsp3) is 0.300. The van der Waals surface area contributed by atoms with Crippen molar-refractivity contribution in [2.75, 3.05) is 13.2 Å².